The second-order valence-electron chi connectivity index (χ2n) is 6.26. The molecule has 18 heavy (non-hydrogen) atoms. The van der Waals surface area contributed by atoms with Gasteiger partial charge < -0.3 is 9.84 Å². The number of carbonyl (C=O) groups is 1. The van der Waals surface area contributed by atoms with Gasteiger partial charge in [-0.05, 0) is 37.0 Å². The van der Waals surface area contributed by atoms with Crippen LogP contribution in [0.25, 0.3) is 0 Å². The Morgan fingerprint density at radius 3 is 2.89 bits per heavy atom. The minimum Gasteiger partial charge on any atom is -0.481 e. The summed E-state index contributed by atoms with van der Waals surface area (Å²) in [5.74, 6) is 2.00. The maximum Gasteiger partial charge on any atom is 0.305 e. The number of aliphatic carboxylic acids is 1. The SMILES string of the molecule is O=C(O)CC1COCCN1CC1CC2CCC1C2. The molecular formula is C14H23NO3. The van der Waals surface area contributed by atoms with Gasteiger partial charge in [-0.1, -0.05) is 6.42 Å². The van der Waals surface area contributed by atoms with Gasteiger partial charge in [0.05, 0.1) is 19.6 Å². The molecule has 1 saturated heterocycles. The number of hydrogen-bond acceptors (Lipinski definition) is 3. The minimum absolute atomic E-state index is 0.0929. The lowest BCUT2D eigenvalue weighted by molar-refractivity contribution is -0.140. The maximum absolute atomic E-state index is 10.9. The van der Waals surface area contributed by atoms with E-state index in [0.29, 0.717) is 6.61 Å². The van der Waals surface area contributed by atoms with Crippen LogP contribution in [0.1, 0.15) is 32.1 Å². The average Bonchev–Trinajstić information content (AvgIpc) is 2.93. The molecule has 2 bridgehead atoms. The quantitative estimate of drug-likeness (QED) is 0.826. The van der Waals surface area contributed by atoms with E-state index in [-0.39, 0.29) is 12.5 Å². The molecular weight excluding hydrogens is 230 g/mol. The molecule has 1 N–H and O–H groups in total. The lowest BCUT2D eigenvalue weighted by Gasteiger charge is -2.38. The zero-order valence-electron chi connectivity index (χ0n) is 10.9. The Morgan fingerprint density at radius 2 is 2.22 bits per heavy atom. The molecule has 1 aliphatic heterocycles. The summed E-state index contributed by atoms with van der Waals surface area (Å²) in [4.78, 5) is 13.3. The standard InChI is InChI=1S/C14H23NO3/c16-14(17)7-13-9-18-4-3-15(13)8-12-6-10-1-2-11(12)5-10/h10-13H,1-9H2,(H,16,17). The summed E-state index contributed by atoms with van der Waals surface area (Å²) in [5, 5.41) is 8.97. The van der Waals surface area contributed by atoms with Gasteiger partial charge in [-0.2, -0.15) is 0 Å². The summed E-state index contributed by atoms with van der Waals surface area (Å²) in [6, 6.07) is 0.0929. The Kier molecular flexibility index (Phi) is 3.57. The normalized spacial score (nSPS) is 40.2. The highest BCUT2D eigenvalue weighted by Crippen LogP contribution is 2.48. The molecule has 0 aromatic heterocycles. The van der Waals surface area contributed by atoms with Crippen molar-refractivity contribution >= 4 is 5.97 Å². The monoisotopic (exact) mass is 253 g/mol. The summed E-state index contributed by atoms with van der Waals surface area (Å²) in [5.41, 5.74) is 0. The van der Waals surface area contributed by atoms with Gasteiger partial charge in [0, 0.05) is 19.1 Å². The smallest absolute Gasteiger partial charge is 0.305 e. The number of carboxylic acid groups (broad SMARTS) is 1. The fourth-order valence-electron chi connectivity index (χ4n) is 4.22. The first kappa shape index (κ1) is 12.4. The zero-order valence-corrected chi connectivity index (χ0v) is 10.9. The number of nitrogens with zero attached hydrogens (tertiary/aromatic N) is 1. The number of rotatable bonds is 4. The molecule has 4 nitrogen and oxygen atoms in total. The van der Waals surface area contributed by atoms with Crippen molar-refractivity contribution in [1.29, 1.82) is 0 Å². The van der Waals surface area contributed by atoms with E-state index < -0.39 is 5.97 Å². The Hall–Kier alpha value is -0.610. The van der Waals surface area contributed by atoms with Crippen LogP contribution in [0.2, 0.25) is 0 Å². The Morgan fingerprint density at radius 1 is 1.33 bits per heavy atom. The van der Waals surface area contributed by atoms with Gasteiger partial charge >= 0.3 is 5.97 Å². The van der Waals surface area contributed by atoms with Gasteiger partial charge in [-0.3, -0.25) is 9.69 Å². The van der Waals surface area contributed by atoms with Crippen molar-refractivity contribution in [2.45, 2.75) is 38.1 Å². The molecule has 102 valence electrons. The Balaban J connectivity index is 1.57. The highest BCUT2D eigenvalue weighted by molar-refractivity contribution is 5.67. The van der Waals surface area contributed by atoms with Crippen molar-refractivity contribution in [1.82, 2.24) is 4.90 Å². The van der Waals surface area contributed by atoms with Crippen LogP contribution in [0.5, 0.6) is 0 Å². The first-order valence-electron chi connectivity index (χ1n) is 7.26. The number of ether oxygens (including phenoxy) is 1. The van der Waals surface area contributed by atoms with Crippen LogP contribution in [0.3, 0.4) is 0 Å². The van der Waals surface area contributed by atoms with Crippen molar-refractivity contribution in [3.05, 3.63) is 0 Å². The fourth-order valence-corrected chi connectivity index (χ4v) is 4.22. The summed E-state index contributed by atoms with van der Waals surface area (Å²) in [7, 11) is 0. The minimum atomic E-state index is -0.705. The summed E-state index contributed by atoms with van der Waals surface area (Å²) < 4.78 is 5.43. The van der Waals surface area contributed by atoms with Crippen LogP contribution in [0.4, 0.5) is 0 Å². The van der Waals surface area contributed by atoms with E-state index in [2.05, 4.69) is 4.90 Å². The van der Waals surface area contributed by atoms with E-state index in [1.165, 1.54) is 25.7 Å². The van der Waals surface area contributed by atoms with Crippen LogP contribution in [0, 0.1) is 17.8 Å². The first-order chi connectivity index (χ1) is 8.72. The van der Waals surface area contributed by atoms with Crippen LogP contribution in [0.15, 0.2) is 0 Å². The molecule has 1 heterocycles. The number of morpholine rings is 1. The summed E-state index contributed by atoms with van der Waals surface area (Å²) in [6.07, 6.45) is 5.87. The van der Waals surface area contributed by atoms with Crippen LogP contribution in [-0.2, 0) is 9.53 Å². The van der Waals surface area contributed by atoms with Crippen LogP contribution >= 0.6 is 0 Å². The molecule has 0 spiro atoms. The van der Waals surface area contributed by atoms with E-state index in [1.54, 1.807) is 0 Å². The van der Waals surface area contributed by atoms with Crippen molar-refractivity contribution in [2.24, 2.45) is 17.8 Å². The predicted molar refractivity (Wildman–Crippen MR) is 67.4 cm³/mol. The zero-order chi connectivity index (χ0) is 12.5. The van der Waals surface area contributed by atoms with Gasteiger partial charge in [0.1, 0.15) is 0 Å². The van der Waals surface area contributed by atoms with Gasteiger partial charge in [0.2, 0.25) is 0 Å². The molecule has 2 saturated carbocycles. The van der Waals surface area contributed by atoms with Crippen molar-refractivity contribution < 1.29 is 14.6 Å². The molecule has 3 fully saturated rings. The number of fused-ring (bicyclic) bond motifs is 2. The summed E-state index contributed by atoms with van der Waals surface area (Å²) in [6.45, 7) is 3.36. The first-order valence-corrected chi connectivity index (χ1v) is 7.26. The van der Waals surface area contributed by atoms with Crippen molar-refractivity contribution in [3.63, 3.8) is 0 Å². The van der Waals surface area contributed by atoms with Gasteiger partial charge in [-0.25, -0.2) is 0 Å². The molecule has 0 radical (unpaired) electrons. The van der Waals surface area contributed by atoms with Crippen LogP contribution in [-0.4, -0.2) is 48.3 Å². The number of hydrogen-bond donors (Lipinski definition) is 1. The van der Waals surface area contributed by atoms with E-state index in [9.17, 15) is 4.79 Å². The fraction of sp³-hybridized carbons (Fsp3) is 0.929. The van der Waals surface area contributed by atoms with Crippen molar-refractivity contribution in [3.8, 4) is 0 Å². The second-order valence-corrected chi connectivity index (χ2v) is 6.26. The molecule has 3 rings (SSSR count). The third-order valence-corrected chi connectivity index (χ3v) is 5.11. The van der Waals surface area contributed by atoms with E-state index in [0.717, 1.165) is 37.5 Å². The highest BCUT2D eigenvalue weighted by atomic mass is 16.5. The van der Waals surface area contributed by atoms with Gasteiger partial charge in [0.15, 0.2) is 0 Å². The molecule has 4 atom stereocenters. The molecule has 3 aliphatic rings. The maximum atomic E-state index is 10.9. The topological polar surface area (TPSA) is 49.8 Å². The third-order valence-electron chi connectivity index (χ3n) is 5.11. The number of carboxylic acids is 1. The third kappa shape index (κ3) is 2.54. The van der Waals surface area contributed by atoms with E-state index >= 15 is 0 Å². The molecule has 0 amide bonds. The van der Waals surface area contributed by atoms with Gasteiger partial charge in [0.25, 0.3) is 0 Å². The molecule has 4 heteroatoms. The highest BCUT2D eigenvalue weighted by Gasteiger charge is 2.41. The van der Waals surface area contributed by atoms with Crippen molar-refractivity contribution in [2.75, 3.05) is 26.3 Å². The van der Waals surface area contributed by atoms with Gasteiger partial charge in [-0.15, -0.1) is 0 Å². The second kappa shape index (κ2) is 5.17. The average molecular weight is 253 g/mol. The lowest BCUT2D eigenvalue weighted by Crippen LogP contribution is -2.48. The molecule has 2 aliphatic carbocycles. The van der Waals surface area contributed by atoms with E-state index in [4.69, 9.17) is 9.84 Å². The Bertz CT molecular complexity index is 320. The largest absolute Gasteiger partial charge is 0.481 e. The van der Waals surface area contributed by atoms with Crippen LogP contribution < -0.4 is 0 Å². The summed E-state index contributed by atoms with van der Waals surface area (Å²) >= 11 is 0. The molecule has 0 aromatic carbocycles. The molecule has 4 unspecified atom stereocenters. The predicted octanol–water partition coefficient (Wildman–Crippen LogP) is 1.60. The lowest BCUT2D eigenvalue weighted by atomic mass is 9.88. The van der Waals surface area contributed by atoms with E-state index in [1.807, 2.05) is 0 Å². The molecule has 0 aromatic rings. The Labute approximate surface area is 108 Å².